The van der Waals surface area contributed by atoms with Crippen molar-refractivity contribution in [2.45, 2.75) is 39.2 Å². The molecule has 0 fully saturated rings. The van der Waals surface area contributed by atoms with E-state index in [1.165, 1.54) is 0 Å². The molecule has 5 N–H and O–H groups in total. The molecule has 0 bridgehead atoms. The second kappa shape index (κ2) is 12.2. The number of hydrogen-bond acceptors (Lipinski definition) is 8. The van der Waals surface area contributed by atoms with E-state index in [2.05, 4.69) is 16.0 Å². The summed E-state index contributed by atoms with van der Waals surface area (Å²) in [6, 6.07) is 13.7. The van der Waals surface area contributed by atoms with Gasteiger partial charge in [-0.3, -0.25) is 0 Å². The fourth-order valence-corrected chi connectivity index (χ4v) is 3.39. The number of aromatic nitrogens is 2. The Labute approximate surface area is 206 Å². The summed E-state index contributed by atoms with van der Waals surface area (Å²) in [5.41, 5.74) is 7.78. The van der Waals surface area contributed by atoms with Gasteiger partial charge in [0.05, 0.1) is 18.3 Å². The lowest BCUT2D eigenvalue weighted by Crippen LogP contribution is -2.33. The third-order valence-electron chi connectivity index (χ3n) is 5.07. The molecule has 188 valence electrons. The van der Waals surface area contributed by atoms with Crippen molar-refractivity contribution in [1.29, 1.82) is 0 Å². The number of carbonyl (C=O) groups is 1. The predicted octanol–water partition coefficient (Wildman–Crippen LogP) is 4.39. The number of alkyl carbamates (subject to hydrolysis) is 1. The topological polar surface area (TPSA) is 123 Å². The highest BCUT2D eigenvalue weighted by Crippen LogP contribution is 2.29. The summed E-state index contributed by atoms with van der Waals surface area (Å²) in [4.78, 5) is 21.4. The maximum absolute atomic E-state index is 11.8. The van der Waals surface area contributed by atoms with Crippen LogP contribution in [0.5, 0.6) is 5.75 Å². The molecule has 0 saturated heterocycles. The van der Waals surface area contributed by atoms with Gasteiger partial charge in [-0.25, -0.2) is 14.8 Å². The molecule has 2 aromatic heterocycles. The van der Waals surface area contributed by atoms with Gasteiger partial charge in [0.15, 0.2) is 0 Å². The minimum absolute atomic E-state index is 0.408. The Hall–Kier alpha value is -3.59. The third-order valence-corrected chi connectivity index (χ3v) is 5.07. The van der Waals surface area contributed by atoms with Gasteiger partial charge in [-0.05, 0) is 82.6 Å². The van der Waals surface area contributed by atoms with Gasteiger partial charge in [0, 0.05) is 30.6 Å². The molecule has 3 rings (SSSR count). The van der Waals surface area contributed by atoms with Crippen molar-refractivity contribution in [1.82, 2.24) is 15.3 Å². The van der Waals surface area contributed by atoms with Crippen molar-refractivity contribution in [3.63, 3.8) is 0 Å². The van der Waals surface area contributed by atoms with E-state index in [0.717, 1.165) is 58.9 Å². The zero-order chi connectivity index (χ0) is 25.3. The molecule has 35 heavy (non-hydrogen) atoms. The van der Waals surface area contributed by atoms with Gasteiger partial charge in [-0.2, -0.15) is 0 Å². The molecule has 0 spiro atoms. The zero-order valence-electron chi connectivity index (χ0n) is 21.0. The van der Waals surface area contributed by atoms with Gasteiger partial charge in [-0.1, -0.05) is 0 Å². The Kier molecular flexibility index (Phi) is 9.08. The molecule has 1 aromatic carbocycles. The third kappa shape index (κ3) is 7.99. The molecule has 0 aliphatic heterocycles. The standard InChI is InChI=1S/C26H36N6O3/c1-26(2,3)35-25(33)30-16-6-15-28-23-12-11-20-22(31-23)17-21(32-24(20)29-14-5-13-27)18-7-9-19(34-4)10-8-18/h7-12,17H,5-6,13-16,27H2,1-4H3,(H,28,31)(H,29,32)(H,30,33). The first-order valence-electron chi connectivity index (χ1n) is 11.9. The van der Waals surface area contributed by atoms with Crippen LogP contribution in [-0.2, 0) is 4.74 Å². The number of nitrogens with one attached hydrogen (secondary N) is 3. The van der Waals surface area contributed by atoms with Crippen LogP contribution in [0.15, 0.2) is 42.5 Å². The van der Waals surface area contributed by atoms with Gasteiger partial charge in [0.2, 0.25) is 0 Å². The summed E-state index contributed by atoms with van der Waals surface area (Å²) >= 11 is 0. The number of nitrogens with zero attached hydrogens (tertiary/aromatic N) is 2. The zero-order valence-corrected chi connectivity index (χ0v) is 21.0. The Bertz CT molecular complexity index is 1110. The number of carbonyl (C=O) groups excluding carboxylic acids is 1. The SMILES string of the molecule is COc1ccc(-c2cc3nc(NCCCNC(=O)OC(C)(C)C)ccc3c(NCCCN)n2)cc1. The van der Waals surface area contributed by atoms with Crippen molar-refractivity contribution >= 4 is 28.6 Å². The number of benzene rings is 1. The normalized spacial score (nSPS) is 11.2. The van der Waals surface area contributed by atoms with Crippen molar-refractivity contribution in [2.24, 2.45) is 5.73 Å². The largest absolute Gasteiger partial charge is 0.497 e. The van der Waals surface area contributed by atoms with Crippen LogP contribution >= 0.6 is 0 Å². The number of methoxy groups -OCH3 is 1. The fraction of sp³-hybridized carbons (Fsp3) is 0.423. The molecule has 0 radical (unpaired) electrons. The minimum Gasteiger partial charge on any atom is -0.497 e. The van der Waals surface area contributed by atoms with E-state index in [4.69, 9.17) is 25.2 Å². The van der Waals surface area contributed by atoms with Gasteiger partial charge >= 0.3 is 6.09 Å². The number of ether oxygens (including phenoxy) is 2. The van der Waals surface area contributed by atoms with E-state index in [1.807, 2.05) is 63.2 Å². The first kappa shape index (κ1) is 26.0. The van der Waals surface area contributed by atoms with E-state index in [9.17, 15) is 4.79 Å². The molecular formula is C26H36N6O3. The maximum atomic E-state index is 11.8. The first-order valence-corrected chi connectivity index (χ1v) is 11.9. The van der Waals surface area contributed by atoms with Crippen molar-refractivity contribution in [2.75, 3.05) is 43.9 Å². The molecule has 0 saturated carbocycles. The summed E-state index contributed by atoms with van der Waals surface area (Å²) in [5, 5.41) is 10.4. The van der Waals surface area contributed by atoms with Gasteiger partial charge in [-0.15, -0.1) is 0 Å². The molecule has 0 aliphatic carbocycles. The van der Waals surface area contributed by atoms with Crippen LogP contribution in [0.2, 0.25) is 0 Å². The Morgan fingerprint density at radius 2 is 1.71 bits per heavy atom. The van der Waals surface area contributed by atoms with Crippen molar-refractivity contribution in [3.05, 3.63) is 42.5 Å². The summed E-state index contributed by atoms with van der Waals surface area (Å²) in [6.45, 7) is 8.03. The van der Waals surface area contributed by atoms with Crippen LogP contribution in [0, 0.1) is 0 Å². The Balaban J connectivity index is 1.72. The van der Waals surface area contributed by atoms with Crippen LogP contribution in [0.1, 0.15) is 33.6 Å². The van der Waals surface area contributed by atoms with Crippen LogP contribution in [-0.4, -0.2) is 55.0 Å². The van der Waals surface area contributed by atoms with Gasteiger partial charge in [0.25, 0.3) is 0 Å². The molecule has 9 nitrogen and oxygen atoms in total. The minimum atomic E-state index is -0.505. The van der Waals surface area contributed by atoms with Gasteiger partial charge < -0.3 is 31.2 Å². The monoisotopic (exact) mass is 480 g/mol. The van der Waals surface area contributed by atoms with E-state index in [-0.39, 0.29) is 0 Å². The number of amides is 1. The molecule has 2 heterocycles. The second-order valence-corrected chi connectivity index (χ2v) is 9.13. The first-order chi connectivity index (χ1) is 16.8. The second-order valence-electron chi connectivity index (χ2n) is 9.13. The highest BCUT2D eigenvalue weighted by Gasteiger charge is 2.15. The summed E-state index contributed by atoms with van der Waals surface area (Å²) in [6.07, 6.45) is 1.17. The number of rotatable bonds is 11. The van der Waals surface area contributed by atoms with Crippen molar-refractivity contribution in [3.8, 4) is 17.0 Å². The number of anilines is 2. The Morgan fingerprint density at radius 1 is 0.971 bits per heavy atom. The lowest BCUT2D eigenvalue weighted by molar-refractivity contribution is 0.0528. The van der Waals surface area contributed by atoms with E-state index in [1.54, 1.807) is 7.11 Å². The van der Waals surface area contributed by atoms with Crippen LogP contribution in [0.4, 0.5) is 16.4 Å². The molecular weight excluding hydrogens is 444 g/mol. The predicted molar refractivity (Wildman–Crippen MR) is 141 cm³/mol. The van der Waals surface area contributed by atoms with E-state index < -0.39 is 11.7 Å². The summed E-state index contributed by atoms with van der Waals surface area (Å²) in [7, 11) is 1.65. The molecule has 0 aliphatic rings. The summed E-state index contributed by atoms with van der Waals surface area (Å²) < 4.78 is 10.5. The molecule has 3 aromatic rings. The average Bonchev–Trinajstić information content (AvgIpc) is 2.82. The van der Waals surface area contributed by atoms with Crippen LogP contribution < -0.4 is 26.4 Å². The smallest absolute Gasteiger partial charge is 0.407 e. The van der Waals surface area contributed by atoms with Gasteiger partial charge in [0.1, 0.15) is 23.0 Å². The molecule has 0 atom stereocenters. The highest BCUT2D eigenvalue weighted by atomic mass is 16.6. The van der Waals surface area contributed by atoms with E-state index >= 15 is 0 Å². The average molecular weight is 481 g/mol. The lowest BCUT2D eigenvalue weighted by atomic mass is 10.1. The van der Waals surface area contributed by atoms with Crippen molar-refractivity contribution < 1.29 is 14.3 Å². The van der Waals surface area contributed by atoms with Crippen LogP contribution in [0.3, 0.4) is 0 Å². The summed E-state index contributed by atoms with van der Waals surface area (Å²) in [5.74, 6) is 2.33. The number of hydrogen-bond donors (Lipinski definition) is 4. The quantitative estimate of drug-likeness (QED) is 0.298. The molecule has 9 heteroatoms. The van der Waals surface area contributed by atoms with E-state index in [0.29, 0.717) is 19.6 Å². The fourth-order valence-electron chi connectivity index (χ4n) is 3.39. The number of nitrogens with two attached hydrogens (primary N) is 1. The molecule has 0 unspecified atom stereocenters. The maximum Gasteiger partial charge on any atom is 0.407 e. The number of pyridine rings is 2. The molecule has 1 amide bonds. The highest BCUT2D eigenvalue weighted by molar-refractivity contribution is 5.93. The number of fused-ring (bicyclic) bond motifs is 1. The van der Waals surface area contributed by atoms with Crippen LogP contribution in [0.25, 0.3) is 22.2 Å². The Morgan fingerprint density at radius 3 is 2.40 bits per heavy atom. The lowest BCUT2D eigenvalue weighted by Gasteiger charge is -2.19.